The maximum absolute atomic E-state index is 12.3. The van der Waals surface area contributed by atoms with Gasteiger partial charge in [0.1, 0.15) is 6.04 Å². The molecule has 7 nitrogen and oxygen atoms in total. The van der Waals surface area contributed by atoms with Crippen LogP contribution in [0.25, 0.3) is 0 Å². The van der Waals surface area contributed by atoms with E-state index in [4.69, 9.17) is 5.73 Å². The van der Waals surface area contributed by atoms with Crippen LogP contribution in [-0.4, -0.2) is 19.1 Å². The van der Waals surface area contributed by atoms with E-state index in [2.05, 4.69) is 20.7 Å². The van der Waals surface area contributed by atoms with Crippen molar-refractivity contribution in [2.75, 3.05) is 28.8 Å². The zero-order chi connectivity index (χ0) is 16.4. The van der Waals surface area contributed by atoms with Gasteiger partial charge in [-0.15, -0.1) is 0 Å². The molecule has 0 spiro atoms. The van der Waals surface area contributed by atoms with E-state index in [1.807, 2.05) is 30.3 Å². The Morgan fingerprint density at radius 3 is 2.70 bits per heavy atom. The van der Waals surface area contributed by atoms with Crippen LogP contribution in [0.3, 0.4) is 0 Å². The number of methoxy groups -OCH3 is 1. The molecule has 2 aromatic carbocycles. The van der Waals surface area contributed by atoms with Gasteiger partial charge >= 0.3 is 6.09 Å². The lowest BCUT2D eigenvalue weighted by atomic mass is 10.0. The summed E-state index contributed by atoms with van der Waals surface area (Å²) in [6.45, 7) is 0. The fraction of sp³-hybridized carbons (Fsp3) is 0.125. The summed E-state index contributed by atoms with van der Waals surface area (Å²) in [5.41, 5.74) is 8.86. The molecule has 0 bridgehead atoms. The summed E-state index contributed by atoms with van der Waals surface area (Å²) in [5.74, 6) is -0.196. The molecular weight excluding hydrogens is 296 g/mol. The number of ether oxygens (including phenoxy) is 1. The first-order chi connectivity index (χ1) is 11.1. The lowest BCUT2D eigenvalue weighted by Crippen LogP contribution is -2.32. The minimum Gasteiger partial charge on any atom is -0.453 e. The second-order valence-corrected chi connectivity index (χ2v) is 5.08. The Balaban J connectivity index is 1.92. The van der Waals surface area contributed by atoms with Crippen molar-refractivity contribution in [2.45, 2.75) is 6.04 Å². The third-order valence-electron chi connectivity index (χ3n) is 3.54. The number of nitrogens with two attached hydrogens (primary N) is 1. The monoisotopic (exact) mass is 312 g/mol. The summed E-state index contributed by atoms with van der Waals surface area (Å²) in [4.78, 5) is 23.6. The quantitative estimate of drug-likeness (QED) is 0.638. The highest BCUT2D eigenvalue weighted by Crippen LogP contribution is 2.39. The Kier molecular flexibility index (Phi) is 3.76. The number of nitrogens with one attached hydrogen (secondary N) is 3. The van der Waals surface area contributed by atoms with Crippen molar-refractivity contribution in [3.63, 3.8) is 0 Å². The lowest BCUT2D eigenvalue weighted by molar-refractivity contribution is -0.117. The van der Waals surface area contributed by atoms with E-state index in [1.165, 1.54) is 7.11 Å². The van der Waals surface area contributed by atoms with Crippen LogP contribution < -0.4 is 21.7 Å². The number of hydrogen-bond donors (Lipinski definition) is 4. The summed E-state index contributed by atoms with van der Waals surface area (Å²) in [6, 6.07) is 12.1. The number of fused-ring (bicyclic) bond motifs is 1. The molecule has 0 aromatic heterocycles. The Labute approximate surface area is 132 Å². The standard InChI is InChI=1S/C16H16N4O3/c1-23-16(22)18-10-7-11(17)14-12(8-10)19-15(21)13(20-14)9-5-3-2-4-6-9/h2-8,13,20H,17H2,1H3,(H,18,22)(H,19,21). The number of benzene rings is 2. The highest BCUT2D eigenvalue weighted by atomic mass is 16.5. The van der Waals surface area contributed by atoms with E-state index in [-0.39, 0.29) is 5.91 Å². The smallest absolute Gasteiger partial charge is 0.411 e. The van der Waals surface area contributed by atoms with Crippen molar-refractivity contribution in [1.29, 1.82) is 0 Å². The van der Waals surface area contributed by atoms with Gasteiger partial charge in [-0.25, -0.2) is 4.79 Å². The van der Waals surface area contributed by atoms with E-state index in [0.29, 0.717) is 22.7 Å². The maximum atomic E-state index is 12.3. The molecule has 1 heterocycles. The zero-order valence-electron chi connectivity index (χ0n) is 12.4. The Bertz CT molecular complexity index is 761. The van der Waals surface area contributed by atoms with Crippen LogP contribution in [-0.2, 0) is 9.53 Å². The lowest BCUT2D eigenvalue weighted by Gasteiger charge is -2.28. The summed E-state index contributed by atoms with van der Waals surface area (Å²) < 4.78 is 4.54. The summed E-state index contributed by atoms with van der Waals surface area (Å²) >= 11 is 0. The number of carbonyl (C=O) groups is 2. The van der Waals surface area contributed by atoms with Crippen molar-refractivity contribution in [2.24, 2.45) is 0 Å². The van der Waals surface area contributed by atoms with Crippen LogP contribution in [0.15, 0.2) is 42.5 Å². The first-order valence-electron chi connectivity index (χ1n) is 6.99. The zero-order valence-corrected chi connectivity index (χ0v) is 12.4. The number of amides is 2. The van der Waals surface area contributed by atoms with Gasteiger partial charge in [-0.1, -0.05) is 30.3 Å². The van der Waals surface area contributed by atoms with Gasteiger partial charge in [0.2, 0.25) is 0 Å². The van der Waals surface area contributed by atoms with Crippen LogP contribution in [0.4, 0.5) is 27.5 Å². The average Bonchev–Trinajstić information content (AvgIpc) is 2.55. The van der Waals surface area contributed by atoms with E-state index in [9.17, 15) is 9.59 Å². The Morgan fingerprint density at radius 1 is 1.26 bits per heavy atom. The maximum Gasteiger partial charge on any atom is 0.411 e. The third kappa shape index (κ3) is 2.89. The van der Waals surface area contributed by atoms with Gasteiger partial charge < -0.3 is 21.1 Å². The highest BCUT2D eigenvalue weighted by Gasteiger charge is 2.28. The molecule has 2 aromatic rings. The second-order valence-electron chi connectivity index (χ2n) is 5.08. The predicted molar refractivity (Wildman–Crippen MR) is 88.3 cm³/mol. The molecule has 5 N–H and O–H groups in total. The molecule has 0 saturated carbocycles. The number of rotatable bonds is 2. The van der Waals surface area contributed by atoms with Crippen molar-refractivity contribution < 1.29 is 14.3 Å². The molecule has 0 aliphatic carbocycles. The van der Waals surface area contributed by atoms with Crippen LogP contribution in [0.2, 0.25) is 0 Å². The molecular formula is C16H16N4O3. The number of anilines is 4. The third-order valence-corrected chi connectivity index (χ3v) is 3.54. The molecule has 0 fully saturated rings. The van der Waals surface area contributed by atoms with Crippen molar-refractivity contribution >= 4 is 34.7 Å². The molecule has 23 heavy (non-hydrogen) atoms. The van der Waals surface area contributed by atoms with E-state index >= 15 is 0 Å². The molecule has 1 aliphatic rings. The van der Waals surface area contributed by atoms with Crippen LogP contribution in [0.5, 0.6) is 0 Å². The van der Waals surface area contributed by atoms with E-state index in [0.717, 1.165) is 5.56 Å². The van der Waals surface area contributed by atoms with Crippen LogP contribution >= 0.6 is 0 Å². The summed E-state index contributed by atoms with van der Waals surface area (Å²) in [7, 11) is 1.27. The first-order valence-corrected chi connectivity index (χ1v) is 6.99. The first kappa shape index (κ1) is 14.7. The second kappa shape index (κ2) is 5.88. The Morgan fingerprint density at radius 2 is 2.00 bits per heavy atom. The normalized spacial score (nSPS) is 15.9. The predicted octanol–water partition coefficient (Wildman–Crippen LogP) is 2.55. The average molecular weight is 312 g/mol. The topological polar surface area (TPSA) is 105 Å². The van der Waals surface area contributed by atoms with Crippen molar-refractivity contribution in [3.8, 4) is 0 Å². The molecule has 7 heteroatoms. The fourth-order valence-corrected chi connectivity index (χ4v) is 2.46. The molecule has 3 rings (SSSR count). The molecule has 0 radical (unpaired) electrons. The van der Waals surface area contributed by atoms with Crippen LogP contribution in [0.1, 0.15) is 11.6 Å². The molecule has 1 atom stereocenters. The van der Waals surface area contributed by atoms with Crippen molar-refractivity contribution in [1.82, 2.24) is 0 Å². The van der Waals surface area contributed by atoms with Gasteiger partial charge in [0.25, 0.3) is 5.91 Å². The summed E-state index contributed by atoms with van der Waals surface area (Å²) in [6.07, 6.45) is -0.610. The highest BCUT2D eigenvalue weighted by molar-refractivity contribution is 6.07. The minimum atomic E-state index is -0.610. The number of carbonyl (C=O) groups excluding carboxylic acids is 2. The molecule has 118 valence electrons. The van der Waals surface area contributed by atoms with Gasteiger partial charge in [-0.3, -0.25) is 10.1 Å². The van der Waals surface area contributed by atoms with E-state index < -0.39 is 12.1 Å². The van der Waals surface area contributed by atoms with Gasteiger partial charge in [0.15, 0.2) is 0 Å². The summed E-state index contributed by atoms with van der Waals surface area (Å²) in [5, 5.41) is 8.47. The largest absolute Gasteiger partial charge is 0.453 e. The van der Waals surface area contributed by atoms with Gasteiger partial charge in [-0.05, 0) is 17.7 Å². The van der Waals surface area contributed by atoms with Crippen LogP contribution in [0, 0.1) is 0 Å². The minimum absolute atomic E-state index is 0.196. The number of nitrogen functional groups attached to an aromatic ring is 1. The van der Waals surface area contributed by atoms with Gasteiger partial charge in [0, 0.05) is 5.69 Å². The van der Waals surface area contributed by atoms with E-state index in [1.54, 1.807) is 12.1 Å². The van der Waals surface area contributed by atoms with Crippen molar-refractivity contribution in [3.05, 3.63) is 48.0 Å². The molecule has 1 unspecified atom stereocenters. The SMILES string of the molecule is COC(=O)Nc1cc(N)c2c(c1)NC(=O)C(c1ccccc1)N2. The number of hydrogen-bond acceptors (Lipinski definition) is 5. The van der Waals surface area contributed by atoms with Gasteiger partial charge in [0.05, 0.1) is 24.2 Å². The molecule has 0 saturated heterocycles. The van der Waals surface area contributed by atoms with Gasteiger partial charge in [-0.2, -0.15) is 0 Å². The molecule has 2 amide bonds. The Hall–Kier alpha value is -3.22. The molecule has 1 aliphatic heterocycles. The fourth-order valence-electron chi connectivity index (χ4n) is 2.46.